The number of amides is 1. The summed E-state index contributed by atoms with van der Waals surface area (Å²) in [6.45, 7) is 9.21. The van der Waals surface area contributed by atoms with Crippen molar-refractivity contribution in [3.63, 3.8) is 0 Å². The highest BCUT2D eigenvalue weighted by molar-refractivity contribution is 7.80. The number of piperidine rings is 1. The Labute approximate surface area is 198 Å². The van der Waals surface area contributed by atoms with Crippen LogP contribution >= 0.6 is 23.6 Å². The number of nitrogens with zero attached hydrogens (tertiary/aromatic N) is 3. The standard InChI is InChI=1S/C23H29N5O2S2/c1-2-9-24-23(31)28-10-7-17(8-11-28)22-26-19(16-32-22)21(29)25-18-5-3-4-6-20(18)27-12-14-30-15-13-27/h2-6,16-17H,1,7-15H2,(H,24,31)(H,25,29). The molecule has 0 radical (unpaired) electrons. The average Bonchev–Trinajstić information content (AvgIpc) is 3.34. The third-order valence-corrected chi connectivity index (χ3v) is 7.20. The predicted molar refractivity (Wildman–Crippen MR) is 134 cm³/mol. The van der Waals surface area contributed by atoms with E-state index in [4.69, 9.17) is 17.0 Å². The largest absolute Gasteiger partial charge is 0.378 e. The molecule has 0 bridgehead atoms. The maximum absolute atomic E-state index is 12.9. The summed E-state index contributed by atoms with van der Waals surface area (Å²) in [5.41, 5.74) is 2.31. The first-order valence-electron chi connectivity index (χ1n) is 11.0. The topological polar surface area (TPSA) is 69.7 Å². The third-order valence-electron chi connectivity index (χ3n) is 5.79. The summed E-state index contributed by atoms with van der Waals surface area (Å²) < 4.78 is 5.45. The number of hydrogen-bond acceptors (Lipinski definition) is 6. The van der Waals surface area contributed by atoms with Gasteiger partial charge in [0.25, 0.3) is 5.91 Å². The Bertz CT molecular complexity index is 949. The van der Waals surface area contributed by atoms with Gasteiger partial charge < -0.3 is 25.2 Å². The van der Waals surface area contributed by atoms with Gasteiger partial charge in [0, 0.05) is 44.0 Å². The van der Waals surface area contributed by atoms with E-state index < -0.39 is 0 Å². The van der Waals surface area contributed by atoms with E-state index in [0.717, 1.165) is 60.5 Å². The van der Waals surface area contributed by atoms with Gasteiger partial charge in [0.1, 0.15) is 5.69 Å². The van der Waals surface area contributed by atoms with Crippen LogP contribution in [0.5, 0.6) is 0 Å². The number of carbonyl (C=O) groups is 1. The van der Waals surface area contributed by atoms with Crippen LogP contribution in [0.3, 0.4) is 0 Å². The lowest BCUT2D eigenvalue weighted by atomic mass is 9.98. The highest BCUT2D eigenvalue weighted by Gasteiger charge is 2.25. The van der Waals surface area contributed by atoms with Crippen molar-refractivity contribution in [2.24, 2.45) is 0 Å². The van der Waals surface area contributed by atoms with Gasteiger partial charge in [0.15, 0.2) is 5.11 Å². The predicted octanol–water partition coefficient (Wildman–Crippen LogP) is 3.47. The molecular weight excluding hydrogens is 442 g/mol. The zero-order valence-corrected chi connectivity index (χ0v) is 19.7. The highest BCUT2D eigenvalue weighted by Crippen LogP contribution is 2.31. The van der Waals surface area contributed by atoms with Crippen LogP contribution in [0.4, 0.5) is 11.4 Å². The molecule has 0 atom stereocenters. The van der Waals surface area contributed by atoms with Crippen molar-refractivity contribution in [3.8, 4) is 0 Å². The first kappa shape index (κ1) is 22.7. The molecule has 9 heteroatoms. The quantitative estimate of drug-likeness (QED) is 0.494. The minimum atomic E-state index is -0.166. The number of carbonyl (C=O) groups excluding carboxylic acids is 1. The van der Waals surface area contributed by atoms with Crippen molar-refractivity contribution in [3.05, 3.63) is 53.0 Å². The number of likely N-dealkylation sites (tertiary alicyclic amines) is 1. The molecule has 2 saturated heterocycles. The van der Waals surface area contributed by atoms with Crippen LogP contribution in [-0.2, 0) is 4.74 Å². The van der Waals surface area contributed by atoms with Crippen molar-refractivity contribution in [2.75, 3.05) is 56.2 Å². The van der Waals surface area contributed by atoms with E-state index in [9.17, 15) is 4.79 Å². The summed E-state index contributed by atoms with van der Waals surface area (Å²) in [5.74, 6) is 0.195. The Balaban J connectivity index is 1.36. The summed E-state index contributed by atoms with van der Waals surface area (Å²) >= 11 is 7.02. The fourth-order valence-electron chi connectivity index (χ4n) is 4.03. The van der Waals surface area contributed by atoms with Crippen LogP contribution in [0, 0.1) is 0 Å². The molecule has 2 aliphatic rings. The number of aromatic nitrogens is 1. The molecular formula is C23H29N5O2S2. The lowest BCUT2D eigenvalue weighted by Gasteiger charge is -2.33. The van der Waals surface area contributed by atoms with E-state index >= 15 is 0 Å². The summed E-state index contributed by atoms with van der Waals surface area (Å²) in [6, 6.07) is 7.91. The maximum atomic E-state index is 12.9. The number of rotatable bonds is 6. The lowest BCUT2D eigenvalue weighted by Crippen LogP contribution is -2.43. The van der Waals surface area contributed by atoms with E-state index in [2.05, 4.69) is 32.0 Å². The molecule has 0 unspecified atom stereocenters. The van der Waals surface area contributed by atoms with Crippen LogP contribution in [-0.4, -0.2) is 66.8 Å². The second-order valence-electron chi connectivity index (χ2n) is 7.88. The normalized spacial score (nSPS) is 17.1. The molecule has 0 saturated carbocycles. The molecule has 0 aliphatic carbocycles. The van der Waals surface area contributed by atoms with Gasteiger partial charge >= 0.3 is 0 Å². The van der Waals surface area contributed by atoms with Gasteiger partial charge in [-0.3, -0.25) is 4.79 Å². The van der Waals surface area contributed by atoms with E-state index in [0.29, 0.717) is 31.4 Å². The van der Waals surface area contributed by atoms with Gasteiger partial charge in [-0.25, -0.2) is 4.98 Å². The summed E-state index contributed by atoms with van der Waals surface area (Å²) in [7, 11) is 0. The zero-order valence-electron chi connectivity index (χ0n) is 18.1. The van der Waals surface area contributed by atoms with Gasteiger partial charge in [0.2, 0.25) is 0 Å². The van der Waals surface area contributed by atoms with Crippen molar-refractivity contribution < 1.29 is 9.53 Å². The molecule has 7 nitrogen and oxygen atoms in total. The Morgan fingerprint density at radius 3 is 2.75 bits per heavy atom. The molecule has 2 aromatic rings. The molecule has 4 rings (SSSR count). The second-order valence-corrected chi connectivity index (χ2v) is 9.15. The number of ether oxygens (including phenoxy) is 1. The number of nitrogens with one attached hydrogen (secondary N) is 2. The van der Waals surface area contributed by atoms with Crippen molar-refractivity contribution >= 4 is 45.9 Å². The average molecular weight is 472 g/mol. The van der Waals surface area contributed by atoms with E-state index in [1.807, 2.05) is 29.6 Å². The molecule has 2 aliphatic heterocycles. The molecule has 170 valence electrons. The first-order chi connectivity index (χ1) is 15.7. The Hall–Kier alpha value is -2.49. The third kappa shape index (κ3) is 5.46. The second kappa shape index (κ2) is 10.9. The summed E-state index contributed by atoms with van der Waals surface area (Å²) in [4.78, 5) is 22.1. The number of anilines is 2. The number of hydrogen-bond donors (Lipinski definition) is 2. The summed E-state index contributed by atoms with van der Waals surface area (Å²) in [5, 5.41) is 9.93. The van der Waals surface area contributed by atoms with Crippen molar-refractivity contribution in [2.45, 2.75) is 18.8 Å². The van der Waals surface area contributed by atoms with Gasteiger partial charge in [-0.2, -0.15) is 0 Å². The van der Waals surface area contributed by atoms with E-state index in [1.165, 1.54) is 0 Å². The van der Waals surface area contributed by atoms with Gasteiger partial charge in [-0.15, -0.1) is 17.9 Å². The van der Waals surface area contributed by atoms with Crippen molar-refractivity contribution in [1.82, 2.24) is 15.2 Å². The first-order valence-corrected chi connectivity index (χ1v) is 12.3. The molecule has 32 heavy (non-hydrogen) atoms. The fraction of sp³-hybridized carbons (Fsp3) is 0.435. The van der Waals surface area contributed by atoms with Gasteiger partial charge in [-0.05, 0) is 37.2 Å². The van der Waals surface area contributed by atoms with Crippen LogP contribution in [0.2, 0.25) is 0 Å². The Kier molecular flexibility index (Phi) is 7.72. The number of morpholine rings is 1. The van der Waals surface area contributed by atoms with Gasteiger partial charge in [0.05, 0.1) is 29.6 Å². The minimum Gasteiger partial charge on any atom is -0.378 e. The summed E-state index contributed by atoms with van der Waals surface area (Å²) in [6.07, 6.45) is 3.76. The van der Waals surface area contributed by atoms with Gasteiger partial charge in [-0.1, -0.05) is 18.2 Å². The van der Waals surface area contributed by atoms with Crippen LogP contribution in [0.25, 0.3) is 0 Å². The molecule has 2 fully saturated rings. The molecule has 1 aromatic carbocycles. The molecule has 3 heterocycles. The van der Waals surface area contributed by atoms with E-state index in [1.54, 1.807) is 17.4 Å². The van der Waals surface area contributed by atoms with Crippen LogP contribution in [0.1, 0.15) is 34.3 Å². The molecule has 1 aromatic heterocycles. The highest BCUT2D eigenvalue weighted by atomic mass is 32.1. The smallest absolute Gasteiger partial charge is 0.275 e. The SMILES string of the molecule is C=CCNC(=S)N1CCC(c2nc(C(=O)Nc3ccccc3N3CCOCC3)cs2)CC1. The zero-order chi connectivity index (χ0) is 22.3. The maximum Gasteiger partial charge on any atom is 0.275 e. The molecule has 0 spiro atoms. The van der Waals surface area contributed by atoms with E-state index in [-0.39, 0.29) is 5.91 Å². The van der Waals surface area contributed by atoms with Crippen LogP contribution < -0.4 is 15.5 Å². The fourth-order valence-corrected chi connectivity index (χ4v) is 5.26. The number of thiazole rings is 1. The minimum absolute atomic E-state index is 0.166. The number of thiocarbonyl (C=S) groups is 1. The number of benzene rings is 1. The molecule has 2 N–H and O–H groups in total. The lowest BCUT2D eigenvalue weighted by molar-refractivity contribution is 0.102. The molecule has 1 amide bonds. The Morgan fingerprint density at radius 2 is 2.00 bits per heavy atom. The monoisotopic (exact) mass is 471 g/mol. The van der Waals surface area contributed by atoms with Crippen molar-refractivity contribution in [1.29, 1.82) is 0 Å². The van der Waals surface area contributed by atoms with Crippen LogP contribution in [0.15, 0.2) is 42.3 Å². The Morgan fingerprint density at radius 1 is 1.25 bits per heavy atom. The number of para-hydroxylation sites is 2.